The molecular weight excluding hydrogens is 479 g/mol. The number of thiazole rings is 1. The maximum absolute atomic E-state index is 13.2. The Morgan fingerprint density at radius 3 is 2.53 bits per heavy atom. The molecule has 0 atom stereocenters. The van der Waals surface area contributed by atoms with Gasteiger partial charge in [-0.15, -0.1) is 0 Å². The number of nitrogens with zero attached hydrogens (tertiary/aromatic N) is 3. The molecule has 4 nitrogen and oxygen atoms in total. The van der Waals surface area contributed by atoms with E-state index in [9.17, 15) is 18.0 Å². The number of fused-ring (bicyclic) bond motifs is 1. The van der Waals surface area contributed by atoms with Crippen LogP contribution in [0.25, 0.3) is 10.2 Å². The molecular formula is C21H13BrF3N3OS. The van der Waals surface area contributed by atoms with Crippen molar-refractivity contribution >= 4 is 48.5 Å². The predicted molar refractivity (Wildman–Crippen MR) is 114 cm³/mol. The van der Waals surface area contributed by atoms with Gasteiger partial charge in [0.25, 0.3) is 5.91 Å². The van der Waals surface area contributed by atoms with Crippen LogP contribution in [0.3, 0.4) is 0 Å². The van der Waals surface area contributed by atoms with Gasteiger partial charge in [-0.25, -0.2) is 4.98 Å². The topological polar surface area (TPSA) is 46.1 Å². The largest absolute Gasteiger partial charge is 0.416 e. The van der Waals surface area contributed by atoms with Gasteiger partial charge in [-0.05, 0) is 54.1 Å². The van der Waals surface area contributed by atoms with E-state index in [0.29, 0.717) is 5.13 Å². The van der Waals surface area contributed by atoms with Gasteiger partial charge >= 0.3 is 6.18 Å². The highest BCUT2D eigenvalue weighted by atomic mass is 79.9. The molecule has 0 aliphatic carbocycles. The van der Waals surface area contributed by atoms with Gasteiger partial charge in [0, 0.05) is 22.4 Å². The molecule has 2 aromatic heterocycles. The molecule has 0 bridgehead atoms. The van der Waals surface area contributed by atoms with Crippen LogP contribution in [0.5, 0.6) is 0 Å². The van der Waals surface area contributed by atoms with Crippen molar-refractivity contribution in [2.45, 2.75) is 12.7 Å². The molecule has 0 aliphatic heterocycles. The first-order valence-electron chi connectivity index (χ1n) is 8.75. The molecule has 0 radical (unpaired) electrons. The number of alkyl halides is 3. The maximum Gasteiger partial charge on any atom is 0.416 e. The van der Waals surface area contributed by atoms with Crippen molar-refractivity contribution < 1.29 is 18.0 Å². The van der Waals surface area contributed by atoms with E-state index in [0.717, 1.165) is 32.4 Å². The van der Waals surface area contributed by atoms with E-state index in [-0.39, 0.29) is 12.1 Å². The molecule has 4 aromatic rings. The van der Waals surface area contributed by atoms with Crippen LogP contribution in [-0.4, -0.2) is 15.9 Å². The lowest BCUT2D eigenvalue weighted by Crippen LogP contribution is -2.30. The Morgan fingerprint density at radius 1 is 1.10 bits per heavy atom. The zero-order valence-electron chi connectivity index (χ0n) is 15.2. The molecule has 152 valence electrons. The lowest BCUT2D eigenvalue weighted by molar-refractivity contribution is -0.137. The van der Waals surface area contributed by atoms with Crippen molar-refractivity contribution in [3.05, 3.63) is 88.2 Å². The molecule has 1 amide bonds. The van der Waals surface area contributed by atoms with Crippen molar-refractivity contribution in [2.75, 3.05) is 4.90 Å². The molecule has 2 heterocycles. The average Bonchev–Trinajstić information content (AvgIpc) is 3.14. The van der Waals surface area contributed by atoms with Gasteiger partial charge in [-0.3, -0.25) is 14.7 Å². The Labute approximate surface area is 182 Å². The summed E-state index contributed by atoms with van der Waals surface area (Å²) in [6.45, 7) is 0.189. The fraction of sp³-hybridized carbons (Fsp3) is 0.0952. The van der Waals surface area contributed by atoms with E-state index in [1.54, 1.807) is 18.5 Å². The molecule has 30 heavy (non-hydrogen) atoms. The molecule has 9 heteroatoms. The summed E-state index contributed by atoms with van der Waals surface area (Å²) in [5.74, 6) is -0.439. The molecule has 0 N–H and O–H groups in total. The summed E-state index contributed by atoms with van der Waals surface area (Å²) in [4.78, 5) is 23.3. The number of aromatic nitrogens is 2. The second-order valence-electron chi connectivity index (χ2n) is 6.44. The number of anilines is 1. The van der Waals surface area contributed by atoms with Crippen LogP contribution in [0.15, 0.2) is 71.5 Å². The van der Waals surface area contributed by atoms with Gasteiger partial charge in [0.1, 0.15) is 0 Å². The van der Waals surface area contributed by atoms with Gasteiger partial charge < -0.3 is 0 Å². The van der Waals surface area contributed by atoms with Gasteiger partial charge in [-0.1, -0.05) is 33.3 Å². The fourth-order valence-corrected chi connectivity index (χ4v) is 4.37. The molecule has 4 rings (SSSR count). The normalized spacial score (nSPS) is 11.6. The monoisotopic (exact) mass is 491 g/mol. The third-order valence-corrected chi connectivity index (χ3v) is 5.87. The van der Waals surface area contributed by atoms with E-state index < -0.39 is 17.6 Å². The predicted octanol–water partition coefficient (Wildman–Crippen LogP) is 6.32. The Hall–Kier alpha value is -2.78. The number of carbonyl (C=O) groups excluding carboxylic acids is 1. The highest BCUT2D eigenvalue weighted by molar-refractivity contribution is 9.10. The summed E-state index contributed by atoms with van der Waals surface area (Å²) in [6.07, 6.45) is -1.20. The number of carbonyl (C=O) groups is 1. The number of hydrogen-bond donors (Lipinski definition) is 0. The Bertz CT molecular complexity index is 1190. The van der Waals surface area contributed by atoms with Gasteiger partial charge in [0.15, 0.2) is 5.13 Å². The van der Waals surface area contributed by atoms with E-state index in [1.165, 1.54) is 28.4 Å². The highest BCUT2D eigenvalue weighted by Gasteiger charge is 2.31. The maximum atomic E-state index is 13.2. The first-order valence-corrected chi connectivity index (χ1v) is 10.4. The van der Waals surface area contributed by atoms with E-state index in [2.05, 4.69) is 25.9 Å². The van der Waals surface area contributed by atoms with Crippen LogP contribution in [0.4, 0.5) is 18.3 Å². The van der Waals surface area contributed by atoms with Crippen molar-refractivity contribution in [3.63, 3.8) is 0 Å². The van der Waals surface area contributed by atoms with Crippen molar-refractivity contribution in [2.24, 2.45) is 0 Å². The van der Waals surface area contributed by atoms with Crippen LogP contribution < -0.4 is 4.90 Å². The Balaban J connectivity index is 1.73. The summed E-state index contributed by atoms with van der Waals surface area (Å²) in [5, 5.41) is 0.455. The lowest BCUT2D eigenvalue weighted by Gasteiger charge is -2.20. The van der Waals surface area contributed by atoms with E-state index in [4.69, 9.17) is 0 Å². The second kappa shape index (κ2) is 8.16. The quantitative estimate of drug-likeness (QED) is 0.335. The van der Waals surface area contributed by atoms with Crippen molar-refractivity contribution in [1.82, 2.24) is 9.97 Å². The smallest absolute Gasteiger partial charge is 0.279 e. The third-order valence-electron chi connectivity index (χ3n) is 4.34. The molecule has 0 fully saturated rings. The zero-order valence-corrected chi connectivity index (χ0v) is 17.6. The number of hydrogen-bond acceptors (Lipinski definition) is 4. The molecule has 2 aromatic carbocycles. The van der Waals surface area contributed by atoms with Crippen LogP contribution in [-0.2, 0) is 12.7 Å². The second-order valence-corrected chi connectivity index (χ2v) is 8.36. The summed E-state index contributed by atoms with van der Waals surface area (Å²) in [6, 6.07) is 13.4. The summed E-state index contributed by atoms with van der Waals surface area (Å²) in [7, 11) is 0. The zero-order chi connectivity index (χ0) is 21.3. The Morgan fingerprint density at radius 2 is 1.87 bits per heavy atom. The number of pyridine rings is 1. The van der Waals surface area contributed by atoms with Crippen LogP contribution >= 0.6 is 27.3 Å². The average molecular weight is 492 g/mol. The first kappa shape index (κ1) is 20.5. The third kappa shape index (κ3) is 4.36. The minimum absolute atomic E-state index is 0.146. The SMILES string of the molecule is O=C(c1ccc(C(F)(F)F)cc1)N(Cc1cccnc1)c1nc2ccc(Br)cc2s1. The summed E-state index contributed by atoms with van der Waals surface area (Å²) >= 11 is 4.75. The number of amides is 1. The van der Waals surface area contributed by atoms with Crippen LogP contribution in [0, 0.1) is 0 Å². The van der Waals surface area contributed by atoms with Crippen molar-refractivity contribution in [3.8, 4) is 0 Å². The van der Waals surface area contributed by atoms with E-state index in [1.807, 2.05) is 24.3 Å². The molecule has 0 saturated carbocycles. The van der Waals surface area contributed by atoms with Gasteiger partial charge in [0.05, 0.1) is 22.3 Å². The molecule has 0 aliphatic rings. The Kier molecular flexibility index (Phi) is 5.57. The molecule has 0 spiro atoms. The lowest BCUT2D eigenvalue weighted by atomic mass is 10.1. The minimum Gasteiger partial charge on any atom is -0.279 e. The summed E-state index contributed by atoms with van der Waals surface area (Å²) < 4.78 is 40.4. The van der Waals surface area contributed by atoms with Crippen LogP contribution in [0.2, 0.25) is 0 Å². The fourth-order valence-electron chi connectivity index (χ4n) is 2.86. The van der Waals surface area contributed by atoms with Crippen LogP contribution in [0.1, 0.15) is 21.5 Å². The molecule has 0 unspecified atom stereocenters. The number of benzene rings is 2. The number of rotatable bonds is 4. The minimum atomic E-state index is -4.46. The number of halogens is 4. The van der Waals surface area contributed by atoms with Gasteiger partial charge in [-0.2, -0.15) is 13.2 Å². The van der Waals surface area contributed by atoms with Crippen molar-refractivity contribution in [1.29, 1.82) is 0 Å². The molecule has 0 saturated heterocycles. The van der Waals surface area contributed by atoms with Gasteiger partial charge in [0.2, 0.25) is 0 Å². The standard InChI is InChI=1S/C21H13BrF3N3OS/c22-16-7-8-17-18(10-16)30-20(27-17)28(12-13-2-1-9-26-11-13)19(29)14-3-5-15(6-4-14)21(23,24)25/h1-11H,12H2. The summed E-state index contributed by atoms with van der Waals surface area (Å²) in [5.41, 5.74) is 0.850. The van der Waals surface area contributed by atoms with E-state index >= 15 is 0 Å². The first-order chi connectivity index (χ1) is 14.3. The highest BCUT2D eigenvalue weighted by Crippen LogP contribution is 2.33.